The fourth-order valence-corrected chi connectivity index (χ4v) is 3.18. The molecule has 1 aliphatic rings. The second kappa shape index (κ2) is 8.21. The Balaban J connectivity index is 1.35. The minimum absolute atomic E-state index is 0.195. The highest BCUT2D eigenvalue weighted by Crippen LogP contribution is 2.19. The van der Waals surface area contributed by atoms with E-state index in [9.17, 15) is 9.59 Å². The van der Waals surface area contributed by atoms with Crippen molar-refractivity contribution in [2.45, 2.75) is 26.2 Å². The first-order valence-electron chi connectivity index (χ1n) is 9.47. The highest BCUT2D eigenvalue weighted by atomic mass is 16.5. The minimum Gasteiger partial charge on any atom is -0.351 e. The van der Waals surface area contributed by atoms with E-state index in [1.54, 1.807) is 36.0 Å². The van der Waals surface area contributed by atoms with Crippen LogP contribution in [0, 0.1) is 6.92 Å². The van der Waals surface area contributed by atoms with Crippen molar-refractivity contribution in [3.05, 3.63) is 42.4 Å². The lowest BCUT2D eigenvalue weighted by Gasteiger charge is -2.14. The first-order valence-corrected chi connectivity index (χ1v) is 9.47. The summed E-state index contributed by atoms with van der Waals surface area (Å²) in [6.45, 7) is 3.71. The Morgan fingerprint density at radius 2 is 2.24 bits per heavy atom. The molecule has 0 saturated carbocycles. The summed E-state index contributed by atoms with van der Waals surface area (Å²) in [6.07, 6.45) is 7.04. The van der Waals surface area contributed by atoms with Crippen molar-refractivity contribution >= 4 is 11.8 Å². The molecule has 0 unspecified atom stereocenters. The standard InChI is InChI=1S/C19H21N7O3/c1-13-23-19(29-24-13)14-5-7-20-16(10-14)26-11-15(22-12-26)18(28)21-6-3-9-25-8-2-4-17(25)27/h5,7,10-12H,2-4,6,8-9H2,1H3,(H,21,28). The molecule has 0 atom stereocenters. The first kappa shape index (κ1) is 18.8. The van der Waals surface area contributed by atoms with E-state index in [0.717, 1.165) is 18.5 Å². The van der Waals surface area contributed by atoms with Crippen molar-refractivity contribution in [3.8, 4) is 17.3 Å². The number of aryl methyl sites for hydroxylation is 1. The number of hydrogen-bond acceptors (Lipinski definition) is 7. The summed E-state index contributed by atoms with van der Waals surface area (Å²) in [5.74, 6) is 1.47. The largest absolute Gasteiger partial charge is 0.351 e. The van der Waals surface area contributed by atoms with Gasteiger partial charge >= 0.3 is 0 Å². The number of likely N-dealkylation sites (tertiary alicyclic amines) is 1. The van der Waals surface area contributed by atoms with Gasteiger partial charge in [0.2, 0.25) is 5.91 Å². The lowest BCUT2D eigenvalue weighted by atomic mass is 10.2. The third-order valence-corrected chi connectivity index (χ3v) is 4.66. The maximum atomic E-state index is 12.3. The van der Waals surface area contributed by atoms with Gasteiger partial charge in [-0.25, -0.2) is 9.97 Å². The maximum Gasteiger partial charge on any atom is 0.271 e. The van der Waals surface area contributed by atoms with E-state index in [1.165, 1.54) is 6.33 Å². The Morgan fingerprint density at radius 1 is 1.34 bits per heavy atom. The van der Waals surface area contributed by atoms with Gasteiger partial charge in [0.15, 0.2) is 5.82 Å². The quantitative estimate of drug-likeness (QED) is 0.600. The molecule has 10 heteroatoms. The molecular weight excluding hydrogens is 374 g/mol. The average Bonchev–Trinajstić information content (AvgIpc) is 3.47. The van der Waals surface area contributed by atoms with Gasteiger partial charge < -0.3 is 14.7 Å². The Hall–Kier alpha value is -3.56. The molecule has 10 nitrogen and oxygen atoms in total. The molecule has 0 aliphatic carbocycles. The highest BCUT2D eigenvalue weighted by Gasteiger charge is 2.19. The van der Waals surface area contributed by atoms with Crippen LogP contribution >= 0.6 is 0 Å². The Bertz CT molecular complexity index is 1030. The lowest BCUT2D eigenvalue weighted by Crippen LogP contribution is -2.30. The van der Waals surface area contributed by atoms with E-state index in [-0.39, 0.29) is 11.8 Å². The molecule has 4 heterocycles. The first-order chi connectivity index (χ1) is 14.1. The summed E-state index contributed by atoms with van der Waals surface area (Å²) < 4.78 is 6.84. The van der Waals surface area contributed by atoms with Crippen LogP contribution in [0.3, 0.4) is 0 Å². The minimum atomic E-state index is -0.264. The third kappa shape index (κ3) is 4.31. The zero-order valence-corrected chi connectivity index (χ0v) is 16.0. The van der Waals surface area contributed by atoms with Crippen LogP contribution in [0.4, 0.5) is 0 Å². The Morgan fingerprint density at radius 3 is 3.00 bits per heavy atom. The van der Waals surface area contributed by atoms with Crippen molar-refractivity contribution in [3.63, 3.8) is 0 Å². The van der Waals surface area contributed by atoms with Crippen molar-refractivity contribution in [1.29, 1.82) is 0 Å². The van der Waals surface area contributed by atoms with Crippen LogP contribution < -0.4 is 5.32 Å². The number of hydrogen-bond donors (Lipinski definition) is 1. The molecule has 3 aromatic rings. The van der Waals surface area contributed by atoms with Crippen molar-refractivity contribution < 1.29 is 14.1 Å². The van der Waals surface area contributed by atoms with E-state index in [0.29, 0.717) is 49.2 Å². The van der Waals surface area contributed by atoms with E-state index in [1.807, 2.05) is 4.90 Å². The number of carbonyl (C=O) groups is 2. The third-order valence-electron chi connectivity index (χ3n) is 4.66. The highest BCUT2D eigenvalue weighted by molar-refractivity contribution is 5.92. The number of nitrogens with zero attached hydrogens (tertiary/aromatic N) is 6. The molecule has 0 radical (unpaired) electrons. The number of aromatic nitrogens is 5. The molecule has 1 saturated heterocycles. The smallest absolute Gasteiger partial charge is 0.271 e. The van der Waals surface area contributed by atoms with Crippen LogP contribution in [0.1, 0.15) is 35.6 Å². The fraction of sp³-hybridized carbons (Fsp3) is 0.368. The fourth-order valence-electron chi connectivity index (χ4n) is 3.18. The number of nitrogens with one attached hydrogen (secondary N) is 1. The van der Waals surface area contributed by atoms with Crippen LogP contribution in [0.15, 0.2) is 35.4 Å². The zero-order valence-electron chi connectivity index (χ0n) is 16.0. The molecule has 150 valence electrons. The normalized spacial score (nSPS) is 13.8. The molecule has 2 amide bonds. The lowest BCUT2D eigenvalue weighted by molar-refractivity contribution is -0.127. The van der Waals surface area contributed by atoms with Gasteiger partial charge in [0.25, 0.3) is 11.8 Å². The summed E-state index contributed by atoms with van der Waals surface area (Å²) in [5, 5.41) is 6.62. The summed E-state index contributed by atoms with van der Waals surface area (Å²) >= 11 is 0. The molecule has 1 fully saturated rings. The predicted molar refractivity (Wildman–Crippen MR) is 102 cm³/mol. The van der Waals surface area contributed by atoms with Crippen LogP contribution in [0.5, 0.6) is 0 Å². The van der Waals surface area contributed by atoms with Crippen LogP contribution in [-0.4, -0.2) is 61.0 Å². The van der Waals surface area contributed by atoms with Gasteiger partial charge in [0, 0.05) is 44.0 Å². The van der Waals surface area contributed by atoms with E-state index < -0.39 is 0 Å². The summed E-state index contributed by atoms with van der Waals surface area (Å²) in [7, 11) is 0. The second-order valence-electron chi connectivity index (χ2n) is 6.81. The molecule has 4 rings (SSSR count). The van der Waals surface area contributed by atoms with E-state index in [2.05, 4.69) is 25.4 Å². The summed E-state index contributed by atoms with van der Waals surface area (Å²) in [4.78, 5) is 38.4. The van der Waals surface area contributed by atoms with E-state index >= 15 is 0 Å². The summed E-state index contributed by atoms with van der Waals surface area (Å²) in [6, 6.07) is 3.55. The second-order valence-corrected chi connectivity index (χ2v) is 6.81. The number of pyridine rings is 1. The number of carbonyl (C=O) groups excluding carboxylic acids is 2. The molecule has 29 heavy (non-hydrogen) atoms. The topological polar surface area (TPSA) is 119 Å². The molecule has 0 spiro atoms. The van der Waals surface area contributed by atoms with Gasteiger partial charge in [0.05, 0.1) is 0 Å². The number of rotatable bonds is 7. The SMILES string of the molecule is Cc1noc(-c2ccnc(-n3cnc(C(=O)NCCCN4CCCC4=O)c3)c2)n1. The van der Waals surface area contributed by atoms with Crippen molar-refractivity contribution in [2.24, 2.45) is 0 Å². The van der Waals surface area contributed by atoms with Gasteiger partial charge in [-0.3, -0.25) is 14.2 Å². The van der Waals surface area contributed by atoms with Crippen LogP contribution in [0.25, 0.3) is 17.3 Å². The predicted octanol–water partition coefficient (Wildman–Crippen LogP) is 1.37. The van der Waals surface area contributed by atoms with E-state index in [4.69, 9.17) is 4.52 Å². The molecular formula is C19H21N7O3. The molecule has 1 aliphatic heterocycles. The monoisotopic (exact) mass is 395 g/mol. The van der Waals surface area contributed by atoms with Crippen molar-refractivity contribution in [1.82, 2.24) is 34.9 Å². The van der Waals surface area contributed by atoms with Gasteiger partial charge in [-0.05, 0) is 31.9 Å². The Labute approximate surface area is 167 Å². The molecule has 0 aromatic carbocycles. The van der Waals surface area contributed by atoms with Gasteiger partial charge in [-0.1, -0.05) is 5.16 Å². The van der Waals surface area contributed by atoms with Crippen molar-refractivity contribution in [2.75, 3.05) is 19.6 Å². The molecule has 0 bridgehead atoms. The average molecular weight is 395 g/mol. The number of imidazole rings is 1. The summed E-state index contributed by atoms with van der Waals surface area (Å²) in [5.41, 5.74) is 1.02. The van der Waals surface area contributed by atoms with Gasteiger partial charge in [-0.2, -0.15) is 4.98 Å². The molecule has 3 aromatic heterocycles. The molecule has 1 N–H and O–H groups in total. The maximum absolute atomic E-state index is 12.3. The zero-order chi connectivity index (χ0) is 20.2. The van der Waals surface area contributed by atoms with Gasteiger partial charge in [-0.15, -0.1) is 0 Å². The number of amides is 2. The van der Waals surface area contributed by atoms with Crippen LogP contribution in [-0.2, 0) is 4.79 Å². The van der Waals surface area contributed by atoms with Gasteiger partial charge in [0.1, 0.15) is 17.8 Å². The van der Waals surface area contributed by atoms with Crippen LogP contribution in [0.2, 0.25) is 0 Å². The Kier molecular flexibility index (Phi) is 5.32.